The van der Waals surface area contributed by atoms with Crippen molar-refractivity contribution in [3.8, 4) is 11.1 Å². The second-order valence-electron chi connectivity index (χ2n) is 10.4. The molecule has 0 bridgehead atoms. The number of carbonyl (C=O) groups is 3. The fraction of sp³-hybridized carbons (Fsp3) is 0.300. The number of Topliss-reactive ketones (excluding diaryl/α,β-unsaturated/α-hetero) is 2. The molecular formula is C30H28N2O5S. The lowest BCUT2D eigenvalue weighted by atomic mass is 9.61. The standard InChI is InChI=1S/C30H28N2O5S/c1-18(33)31-21-12-14-22(15-13-21)38(36,37)32-17-25(19-7-3-2-4-8-19)27-28(32)24-16-11-20-9-5-6-10-23(20)26(24)29(34)30(27)35/h2-4,7-8,11-15,17,23-24,26H,5-6,9-10,16H2,1H3,(H,31,33). The molecule has 2 aromatic carbocycles. The maximum atomic E-state index is 14.1. The van der Waals surface area contributed by atoms with Crippen molar-refractivity contribution in [2.75, 3.05) is 5.32 Å². The van der Waals surface area contributed by atoms with Gasteiger partial charge in [0.15, 0.2) is 0 Å². The molecule has 8 heteroatoms. The quantitative estimate of drug-likeness (QED) is 0.364. The van der Waals surface area contributed by atoms with E-state index < -0.39 is 33.4 Å². The molecule has 0 spiro atoms. The van der Waals surface area contributed by atoms with Crippen LogP contribution in [-0.2, 0) is 19.6 Å². The molecule has 0 radical (unpaired) electrons. The lowest BCUT2D eigenvalue weighted by Gasteiger charge is -2.42. The summed E-state index contributed by atoms with van der Waals surface area (Å²) in [5, 5.41) is 2.64. The Bertz CT molecular complexity index is 1600. The van der Waals surface area contributed by atoms with Gasteiger partial charge in [-0.3, -0.25) is 14.4 Å². The van der Waals surface area contributed by atoms with Crippen molar-refractivity contribution in [1.82, 2.24) is 3.97 Å². The maximum Gasteiger partial charge on any atom is 0.267 e. The van der Waals surface area contributed by atoms with Crippen molar-refractivity contribution >= 4 is 33.2 Å². The fourth-order valence-corrected chi connectivity index (χ4v) is 7.94. The number of allylic oxidation sites excluding steroid dienone is 2. The van der Waals surface area contributed by atoms with Gasteiger partial charge >= 0.3 is 0 Å². The number of nitrogens with zero attached hydrogens (tertiary/aromatic N) is 1. The van der Waals surface area contributed by atoms with Crippen LogP contribution in [0.4, 0.5) is 5.69 Å². The Hall–Kier alpha value is -3.78. The zero-order valence-corrected chi connectivity index (χ0v) is 21.8. The molecule has 1 fully saturated rings. The molecule has 0 aliphatic heterocycles. The van der Waals surface area contributed by atoms with E-state index in [1.165, 1.54) is 46.9 Å². The van der Waals surface area contributed by atoms with Gasteiger partial charge in [0.05, 0.1) is 16.2 Å². The highest BCUT2D eigenvalue weighted by Crippen LogP contribution is 2.52. The molecule has 3 aromatic rings. The first kappa shape index (κ1) is 24.6. The van der Waals surface area contributed by atoms with Crippen LogP contribution < -0.4 is 5.32 Å². The number of ketones is 2. The third-order valence-electron chi connectivity index (χ3n) is 8.14. The summed E-state index contributed by atoms with van der Waals surface area (Å²) < 4.78 is 29.4. The van der Waals surface area contributed by atoms with Gasteiger partial charge in [-0.05, 0) is 61.4 Å². The smallest absolute Gasteiger partial charge is 0.267 e. The number of benzene rings is 2. The van der Waals surface area contributed by atoms with Gasteiger partial charge in [-0.15, -0.1) is 0 Å². The summed E-state index contributed by atoms with van der Waals surface area (Å²) in [5.41, 5.74) is 3.47. The number of hydrogen-bond acceptors (Lipinski definition) is 5. The van der Waals surface area contributed by atoms with Crippen LogP contribution in [0.3, 0.4) is 0 Å². The van der Waals surface area contributed by atoms with Crippen LogP contribution in [0.25, 0.3) is 11.1 Å². The first-order valence-corrected chi connectivity index (χ1v) is 14.4. The maximum absolute atomic E-state index is 14.1. The monoisotopic (exact) mass is 528 g/mol. The Labute approximate surface area is 221 Å². The predicted molar refractivity (Wildman–Crippen MR) is 143 cm³/mol. The van der Waals surface area contributed by atoms with Crippen molar-refractivity contribution in [1.29, 1.82) is 0 Å². The fourth-order valence-electron chi connectivity index (χ4n) is 6.50. The van der Waals surface area contributed by atoms with E-state index in [0.717, 1.165) is 25.7 Å². The van der Waals surface area contributed by atoms with Crippen LogP contribution in [0, 0.1) is 11.8 Å². The molecule has 194 valence electrons. The SMILES string of the molecule is CC(=O)Nc1ccc(S(=O)(=O)n2cc(-c3ccccc3)c3c2C2CC=C4CCCCC4C2C(=O)C3=O)cc1. The number of aromatic nitrogens is 1. The average molecular weight is 529 g/mol. The first-order chi connectivity index (χ1) is 18.3. The molecular weight excluding hydrogens is 500 g/mol. The van der Waals surface area contributed by atoms with Gasteiger partial charge in [-0.1, -0.05) is 48.4 Å². The van der Waals surface area contributed by atoms with Crippen molar-refractivity contribution in [2.24, 2.45) is 11.8 Å². The summed E-state index contributed by atoms with van der Waals surface area (Å²) in [6.07, 6.45) is 8.04. The summed E-state index contributed by atoms with van der Waals surface area (Å²) in [7, 11) is -4.11. The van der Waals surface area contributed by atoms with Crippen LogP contribution >= 0.6 is 0 Å². The minimum absolute atomic E-state index is 0.0183. The lowest BCUT2D eigenvalue weighted by Crippen LogP contribution is -2.43. The number of fused-ring (bicyclic) bond motifs is 5. The van der Waals surface area contributed by atoms with E-state index in [1.807, 2.05) is 30.3 Å². The van der Waals surface area contributed by atoms with E-state index in [1.54, 1.807) is 0 Å². The topological polar surface area (TPSA) is 102 Å². The predicted octanol–water partition coefficient (Wildman–Crippen LogP) is 5.34. The van der Waals surface area contributed by atoms with E-state index in [2.05, 4.69) is 11.4 Å². The zero-order chi connectivity index (χ0) is 26.6. The minimum Gasteiger partial charge on any atom is -0.326 e. The highest BCUT2D eigenvalue weighted by Gasteiger charge is 2.51. The van der Waals surface area contributed by atoms with Crippen LogP contribution in [-0.4, -0.2) is 29.9 Å². The molecule has 38 heavy (non-hydrogen) atoms. The highest BCUT2D eigenvalue weighted by molar-refractivity contribution is 7.90. The molecule has 1 N–H and O–H groups in total. The minimum atomic E-state index is -4.11. The Balaban J connectivity index is 1.56. The second kappa shape index (κ2) is 9.20. The molecule has 6 rings (SSSR count). The van der Waals surface area contributed by atoms with Gasteiger partial charge in [0, 0.05) is 36.2 Å². The number of anilines is 1. The van der Waals surface area contributed by atoms with Crippen LogP contribution in [0.5, 0.6) is 0 Å². The molecule has 1 aromatic heterocycles. The van der Waals surface area contributed by atoms with Gasteiger partial charge in [-0.25, -0.2) is 12.4 Å². The Morgan fingerprint density at radius 2 is 1.71 bits per heavy atom. The zero-order valence-electron chi connectivity index (χ0n) is 21.0. The number of nitrogens with one attached hydrogen (secondary N) is 1. The Morgan fingerprint density at radius 3 is 2.42 bits per heavy atom. The van der Waals surface area contributed by atoms with E-state index in [9.17, 15) is 22.8 Å². The summed E-state index contributed by atoms with van der Waals surface area (Å²) in [6.45, 7) is 1.38. The Kier molecular flexibility index (Phi) is 5.94. The molecule has 3 unspecified atom stereocenters. The van der Waals surface area contributed by atoms with Gasteiger partial charge < -0.3 is 5.32 Å². The van der Waals surface area contributed by atoms with Gasteiger partial charge in [0.2, 0.25) is 17.5 Å². The molecule has 3 atom stereocenters. The molecule has 3 aliphatic rings. The molecule has 7 nitrogen and oxygen atoms in total. The average Bonchev–Trinajstić information content (AvgIpc) is 3.33. The molecule has 1 heterocycles. The first-order valence-electron chi connectivity index (χ1n) is 13.0. The van der Waals surface area contributed by atoms with E-state index >= 15 is 0 Å². The third kappa shape index (κ3) is 3.86. The van der Waals surface area contributed by atoms with Crippen LogP contribution in [0.1, 0.15) is 61.0 Å². The van der Waals surface area contributed by atoms with Gasteiger partial charge in [0.1, 0.15) is 0 Å². The van der Waals surface area contributed by atoms with Crippen molar-refractivity contribution in [2.45, 2.75) is 49.8 Å². The number of rotatable bonds is 4. The number of hydrogen-bond donors (Lipinski definition) is 1. The second-order valence-corrected chi connectivity index (χ2v) is 12.2. The van der Waals surface area contributed by atoms with Crippen LogP contribution in [0.2, 0.25) is 0 Å². The molecule has 1 saturated carbocycles. The largest absolute Gasteiger partial charge is 0.326 e. The molecule has 3 aliphatic carbocycles. The summed E-state index contributed by atoms with van der Waals surface area (Å²) in [4.78, 5) is 38.8. The Morgan fingerprint density at radius 1 is 0.974 bits per heavy atom. The van der Waals surface area contributed by atoms with E-state index in [4.69, 9.17) is 0 Å². The lowest BCUT2D eigenvalue weighted by molar-refractivity contribution is -0.121. The summed E-state index contributed by atoms with van der Waals surface area (Å²) in [6, 6.07) is 15.1. The summed E-state index contributed by atoms with van der Waals surface area (Å²) >= 11 is 0. The molecule has 1 amide bonds. The molecule has 0 saturated heterocycles. The number of carbonyl (C=O) groups excluding carboxylic acids is 3. The van der Waals surface area contributed by atoms with Crippen molar-refractivity contribution < 1.29 is 22.8 Å². The third-order valence-corrected chi connectivity index (χ3v) is 9.83. The van der Waals surface area contributed by atoms with Crippen molar-refractivity contribution in [3.63, 3.8) is 0 Å². The van der Waals surface area contributed by atoms with Gasteiger partial charge in [0.25, 0.3) is 10.0 Å². The number of amides is 1. The van der Waals surface area contributed by atoms with Crippen LogP contribution in [0.15, 0.2) is 77.3 Å². The van der Waals surface area contributed by atoms with Crippen molar-refractivity contribution in [3.05, 3.63) is 83.7 Å². The van der Waals surface area contributed by atoms with Gasteiger partial charge in [-0.2, -0.15) is 0 Å². The normalized spacial score (nSPS) is 22.7. The van der Waals surface area contributed by atoms with E-state index in [-0.39, 0.29) is 22.3 Å². The van der Waals surface area contributed by atoms with E-state index in [0.29, 0.717) is 28.9 Å². The summed E-state index contributed by atoms with van der Waals surface area (Å²) in [5.74, 6) is -2.20. The highest BCUT2D eigenvalue weighted by atomic mass is 32.2.